The number of hydrogen-bond acceptors (Lipinski definition) is 13. The maximum absolute atomic E-state index is 11.4. The standard InChI is InChI=1S/C13H24O6Si.C12H31NO6Si2/c1-4-16-20(17-5-2,18-6-3)9-7-8-11-10-12(14)19-13(11)15;1-14-20(15-2,16-3)11-7-9-13-10-8-12-21(17-4,18-5)19-6/h11H,4-10H2,1-3H3;13H,7-12H2,1-6H3. The van der Waals surface area contributed by atoms with Gasteiger partial charge < -0.3 is 49.9 Å². The van der Waals surface area contributed by atoms with Gasteiger partial charge in [-0.1, -0.05) is 0 Å². The number of cyclic esters (lactones) is 2. The van der Waals surface area contributed by atoms with Crippen molar-refractivity contribution >= 4 is 38.4 Å². The molecule has 1 fully saturated rings. The minimum Gasteiger partial charge on any atom is -0.393 e. The summed E-state index contributed by atoms with van der Waals surface area (Å²) < 4.78 is 54.0. The summed E-state index contributed by atoms with van der Waals surface area (Å²) in [7, 11) is 2.32. The van der Waals surface area contributed by atoms with Gasteiger partial charge in [0.1, 0.15) is 0 Å². The van der Waals surface area contributed by atoms with Gasteiger partial charge in [-0.15, -0.1) is 0 Å². The number of carbonyl (C=O) groups is 2. The van der Waals surface area contributed by atoms with Gasteiger partial charge >= 0.3 is 38.4 Å². The van der Waals surface area contributed by atoms with Crippen molar-refractivity contribution in [3.05, 3.63) is 0 Å². The van der Waals surface area contributed by atoms with Crippen molar-refractivity contribution in [2.75, 3.05) is 75.6 Å². The van der Waals surface area contributed by atoms with Crippen LogP contribution in [-0.4, -0.2) is 114 Å². The molecule has 0 amide bonds. The van der Waals surface area contributed by atoms with Crippen LogP contribution in [0.1, 0.15) is 52.9 Å². The predicted molar refractivity (Wildman–Crippen MR) is 159 cm³/mol. The summed E-state index contributed by atoms with van der Waals surface area (Å²) in [6.07, 6.45) is 3.41. The highest BCUT2D eigenvalue weighted by Gasteiger charge is 2.41. The molecule has 1 atom stereocenters. The minimum atomic E-state index is -2.64. The van der Waals surface area contributed by atoms with E-state index in [2.05, 4.69) is 10.1 Å². The largest absolute Gasteiger partial charge is 0.500 e. The first-order valence-electron chi connectivity index (χ1n) is 14.3. The fourth-order valence-electron chi connectivity index (χ4n) is 4.41. The van der Waals surface area contributed by atoms with E-state index in [0.717, 1.165) is 44.4 Å². The Morgan fingerprint density at radius 1 is 0.659 bits per heavy atom. The molecule has 41 heavy (non-hydrogen) atoms. The second-order valence-electron chi connectivity index (χ2n) is 9.12. The van der Waals surface area contributed by atoms with Crippen molar-refractivity contribution in [1.29, 1.82) is 0 Å². The molecule has 1 rings (SSSR count). The van der Waals surface area contributed by atoms with Crippen molar-refractivity contribution in [1.82, 2.24) is 5.32 Å². The van der Waals surface area contributed by atoms with Crippen molar-refractivity contribution in [3.63, 3.8) is 0 Å². The first-order chi connectivity index (χ1) is 19.6. The molecule has 0 radical (unpaired) electrons. The molecule has 1 heterocycles. The lowest BCUT2D eigenvalue weighted by molar-refractivity contribution is -0.153. The molecule has 0 saturated carbocycles. The van der Waals surface area contributed by atoms with Crippen LogP contribution in [0.25, 0.3) is 0 Å². The molecule has 1 unspecified atom stereocenters. The van der Waals surface area contributed by atoms with Crippen LogP contribution in [0.3, 0.4) is 0 Å². The molecule has 0 aromatic heterocycles. The average molecular weight is 646 g/mol. The second-order valence-corrected chi connectivity index (χ2v) is 18.0. The van der Waals surface area contributed by atoms with Gasteiger partial charge in [0.2, 0.25) is 0 Å². The molecule has 1 aliphatic rings. The highest BCUT2D eigenvalue weighted by Crippen LogP contribution is 2.26. The molecule has 0 bridgehead atoms. The summed E-state index contributed by atoms with van der Waals surface area (Å²) in [5, 5.41) is 3.39. The average Bonchev–Trinajstić information content (AvgIpc) is 3.30. The van der Waals surface area contributed by atoms with Crippen LogP contribution in [0, 0.1) is 5.92 Å². The Kier molecular flexibility index (Phi) is 22.5. The van der Waals surface area contributed by atoms with Crippen LogP contribution in [-0.2, 0) is 54.2 Å². The Hall–Kier alpha value is -0.609. The Morgan fingerprint density at radius 2 is 1.05 bits per heavy atom. The van der Waals surface area contributed by atoms with E-state index in [0.29, 0.717) is 32.3 Å². The summed E-state index contributed by atoms with van der Waals surface area (Å²) in [6.45, 7) is 9.13. The van der Waals surface area contributed by atoms with Crippen LogP contribution < -0.4 is 5.32 Å². The second kappa shape index (κ2) is 22.9. The lowest BCUT2D eigenvalue weighted by Crippen LogP contribution is -2.46. The summed E-state index contributed by atoms with van der Waals surface area (Å²) in [4.78, 5) is 22.4. The smallest absolute Gasteiger partial charge is 0.393 e. The summed E-state index contributed by atoms with van der Waals surface area (Å²) in [6, 6.07) is 2.26. The molecule has 1 aliphatic heterocycles. The van der Waals surface area contributed by atoms with Crippen LogP contribution in [0.15, 0.2) is 0 Å². The van der Waals surface area contributed by atoms with Gasteiger partial charge in [0.25, 0.3) is 0 Å². The van der Waals surface area contributed by atoms with Crippen LogP contribution in [0.2, 0.25) is 18.1 Å². The predicted octanol–water partition coefficient (Wildman–Crippen LogP) is 3.02. The fraction of sp³-hybridized carbons (Fsp3) is 0.920. The topological polar surface area (TPSA) is 138 Å². The van der Waals surface area contributed by atoms with E-state index < -0.39 is 38.4 Å². The third kappa shape index (κ3) is 15.1. The summed E-state index contributed by atoms with van der Waals surface area (Å²) >= 11 is 0. The molecule has 0 spiro atoms. The van der Waals surface area contributed by atoms with Crippen molar-refractivity contribution in [2.45, 2.75) is 71.0 Å². The van der Waals surface area contributed by atoms with Crippen molar-refractivity contribution in [2.24, 2.45) is 5.92 Å². The Bertz CT molecular complexity index is 641. The molecule has 0 aliphatic carbocycles. The number of carbonyl (C=O) groups excluding carboxylic acids is 2. The summed E-state index contributed by atoms with van der Waals surface area (Å²) in [5.41, 5.74) is 0. The van der Waals surface area contributed by atoms with E-state index in [9.17, 15) is 9.59 Å². The summed E-state index contributed by atoms with van der Waals surface area (Å²) in [5.74, 6) is -1.16. The first-order valence-corrected chi connectivity index (χ1v) is 20.1. The van der Waals surface area contributed by atoms with Crippen LogP contribution in [0.4, 0.5) is 0 Å². The van der Waals surface area contributed by atoms with E-state index in [1.54, 1.807) is 42.7 Å². The lowest BCUT2D eigenvalue weighted by atomic mass is 10.0. The van der Waals surface area contributed by atoms with Gasteiger partial charge in [-0.25, -0.2) is 0 Å². The van der Waals surface area contributed by atoms with Gasteiger partial charge in [-0.05, 0) is 59.5 Å². The number of hydrogen-bond donors (Lipinski definition) is 1. The lowest BCUT2D eigenvalue weighted by Gasteiger charge is -2.28. The molecule has 16 heteroatoms. The SMILES string of the molecule is CCO[Si](CCCC1CC(=O)OC1=O)(OCC)OCC.CO[Si](CCCNCCC[Si](OC)(OC)OC)(OC)OC. The van der Waals surface area contributed by atoms with E-state index in [1.807, 2.05) is 20.8 Å². The minimum absolute atomic E-state index is 0.186. The molecular weight excluding hydrogens is 591 g/mol. The monoisotopic (exact) mass is 645 g/mol. The number of esters is 2. The molecular formula is C25H55NO12Si3. The van der Waals surface area contributed by atoms with Crippen LogP contribution in [0.5, 0.6) is 0 Å². The van der Waals surface area contributed by atoms with E-state index in [4.69, 9.17) is 39.8 Å². The molecule has 244 valence electrons. The van der Waals surface area contributed by atoms with E-state index >= 15 is 0 Å². The number of ether oxygens (including phenoxy) is 1. The van der Waals surface area contributed by atoms with Crippen molar-refractivity contribution in [3.8, 4) is 0 Å². The van der Waals surface area contributed by atoms with Gasteiger partial charge in [-0.3, -0.25) is 9.59 Å². The normalized spacial score (nSPS) is 16.1. The van der Waals surface area contributed by atoms with E-state index in [1.165, 1.54) is 0 Å². The molecule has 0 aromatic carbocycles. The first kappa shape index (κ1) is 40.4. The fourth-order valence-corrected chi connectivity index (χ4v) is 10.5. The molecule has 1 saturated heterocycles. The number of rotatable bonds is 24. The molecule has 1 N–H and O–H groups in total. The zero-order valence-corrected chi connectivity index (χ0v) is 29.7. The maximum atomic E-state index is 11.4. The number of nitrogens with one attached hydrogen (secondary N) is 1. The third-order valence-electron chi connectivity index (χ3n) is 6.63. The van der Waals surface area contributed by atoms with E-state index in [-0.39, 0.29) is 12.3 Å². The van der Waals surface area contributed by atoms with Gasteiger partial charge in [0.05, 0.1) is 12.3 Å². The van der Waals surface area contributed by atoms with Crippen molar-refractivity contribution < 1.29 is 54.2 Å². The maximum Gasteiger partial charge on any atom is 0.500 e. The zero-order valence-electron chi connectivity index (χ0n) is 26.7. The zero-order chi connectivity index (χ0) is 31.2. The Balaban J connectivity index is 0.000000781. The molecule has 0 aromatic rings. The quantitative estimate of drug-likeness (QED) is 0.0713. The third-order valence-corrected chi connectivity index (χ3v) is 15.4. The highest BCUT2D eigenvalue weighted by atomic mass is 28.4. The van der Waals surface area contributed by atoms with Gasteiger partial charge in [0, 0.05) is 80.6 Å². The Labute approximate surface area is 250 Å². The molecule has 13 nitrogen and oxygen atoms in total. The van der Waals surface area contributed by atoms with Crippen LogP contribution >= 0.6 is 0 Å². The van der Waals surface area contributed by atoms with Gasteiger partial charge in [0.15, 0.2) is 0 Å². The highest BCUT2D eigenvalue weighted by molar-refractivity contribution is 6.61. The Morgan fingerprint density at radius 3 is 1.37 bits per heavy atom. The van der Waals surface area contributed by atoms with Gasteiger partial charge in [-0.2, -0.15) is 0 Å².